The van der Waals surface area contributed by atoms with E-state index in [-0.39, 0.29) is 17.3 Å². The molecule has 8 heteroatoms. The molecule has 2 amide bonds. The summed E-state index contributed by atoms with van der Waals surface area (Å²) in [6.07, 6.45) is 0. The van der Waals surface area contributed by atoms with Crippen molar-refractivity contribution in [2.24, 2.45) is 0 Å². The van der Waals surface area contributed by atoms with Gasteiger partial charge in [0.25, 0.3) is 11.8 Å². The van der Waals surface area contributed by atoms with Crippen LogP contribution in [0.3, 0.4) is 0 Å². The zero-order valence-corrected chi connectivity index (χ0v) is 15.8. The molecule has 0 bridgehead atoms. The highest BCUT2D eigenvalue weighted by atomic mass is 35.5. The van der Waals surface area contributed by atoms with Crippen molar-refractivity contribution in [1.82, 2.24) is 16.2 Å². The predicted molar refractivity (Wildman–Crippen MR) is 104 cm³/mol. The molecule has 0 spiro atoms. The molecule has 0 aromatic heterocycles. The summed E-state index contributed by atoms with van der Waals surface area (Å²) >= 11 is 10.9. The first kappa shape index (κ1) is 19.7. The SMILES string of the molecule is Cc1cccc(C)c1OCC(=O)NNC(=S)NC(=O)c1ccccc1Cl. The van der Waals surface area contributed by atoms with E-state index in [0.717, 1.165) is 11.1 Å². The third-order valence-electron chi connectivity index (χ3n) is 3.42. The molecule has 0 aliphatic rings. The van der Waals surface area contributed by atoms with Crippen LogP contribution in [0.4, 0.5) is 0 Å². The lowest BCUT2D eigenvalue weighted by molar-refractivity contribution is -0.123. The summed E-state index contributed by atoms with van der Waals surface area (Å²) in [4.78, 5) is 23.9. The first-order valence-corrected chi connectivity index (χ1v) is 8.51. The molecule has 2 aromatic carbocycles. The zero-order valence-electron chi connectivity index (χ0n) is 14.3. The van der Waals surface area contributed by atoms with Gasteiger partial charge in [0.2, 0.25) is 0 Å². The van der Waals surface area contributed by atoms with Crippen LogP contribution in [0, 0.1) is 13.8 Å². The monoisotopic (exact) mass is 391 g/mol. The van der Waals surface area contributed by atoms with Gasteiger partial charge in [0.15, 0.2) is 11.7 Å². The van der Waals surface area contributed by atoms with Gasteiger partial charge >= 0.3 is 0 Å². The van der Waals surface area contributed by atoms with Crippen LogP contribution >= 0.6 is 23.8 Å². The highest BCUT2D eigenvalue weighted by molar-refractivity contribution is 7.80. The summed E-state index contributed by atoms with van der Waals surface area (Å²) in [5.41, 5.74) is 6.96. The number of rotatable bonds is 4. The summed E-state index contributed by atoms with van der Waals surface area (Å²) in [6.45, 7) is 3.61. The number of halogens is 1. The molecule has 0 aliphatic heterocycles. The summed E-state index contributed by atoms with van der Waals surface area (Å²) < 4.78 is 5.53. The maximum atomic E-state index is 12.0. The van der Waals surface area contributed by atoms with Crippen LogP contribution in [0.2, 0.25) is 5.02 Å². The Labute approximate surface area is 161 Å². The molecule has 0 saturated carbocycles. The largest absolute Gasteiger partial charge is 0.483 e. The number of para-hydroxylation sites is 1. The molecule has 136 valence electrons. The minimum atomic E-state index is -0.478. The fourth-order valence-electron chi connectivity index (χ4n) is 2.17. The molecule has 0 atom stereocenters. The Hall–Kier alpha value is -2.64. The summed E-state index contributed by atoms with van der Waals surface area (Å²) in [5, 5.41) is 2.67. The van der Waals surface area contributed by atoms with Gasteiger partial charge < -0.3 is 4.74 Å². The lowest BCUT2D eigenvalue weighted by Crippen LogP contribution is -2.49. The van der Waals surface area contributed by atoms with Gasteiger partial charge in [-0.15, -0.1) is 0 Å². The average Bonchev–Trinajstić information content (AvgIpc) is 2.60. The first-order valence-electron chi connectivity index (χ1n) is 7.72. The Morgan fingerprint density at radius 1 is 1.04 bits per heavy atom. The van der Waals surface area contributed by atoms with Crippen molar-refractivity contribution < 1.29 is 14.3 Å². The molecule has 2 rings (SSSR count). The quantitative estimate of drug-likeness (QED) is 0.551. The fourth-order valence-corrected chi connectivity index (χ4v) is 2.54. The van der Waals surface area contributed by atoms with Crippen molar-refractivity contribution in [3.05, 3.63) is 64.2 Å². The lowest BCUT2D eigenvalue weighted by atomic mass is 10.1. The number of hydrogen-bond acceptors (Lipinski definition) is 4. The second kappa shape index (κ2) is 9.17. The molecule has 0 aliphatic carbocycles. The second-order valence-corrected chi connectivity index (χ2v) is 6.26. The average molecular weight is 392 g/mol. The fraction of sp³-hybridized carbons (Fsp3) is 0.167. The van der Waals surface area contributed by atoms with Crippen LogP contribution in [0.25, 0.3) is 0 Å². The number of ether oxygens (including phenoxy) is 1. The molecule has 2 aromatic rings. The summed E-state index contributed by atoms with van der Waals surface area (Å²) in [6, 6.07) is 12.3. The van der Waals surface area contributed by atoms with Crippen molar-refractivity contribution in [2.75, 3.05) is 6.61 Å². The molecule has 3 N–H and O–H groups in total. The molecule has 0 heterocycles. The molecule has 26 heavy (non-hydrogen) atoms. The van der Waals surface area contributed by atoms with Crippen molar-refractivity contribution in [1.29, 1.82) is 0 Å². The Kier molecular flexibility index (Phi) is 6.94. The molecule has 0 saturated heterocycles. The lowest BCUT2D eigenvalue weighted by Gasteiger charge is -2.13. The predicted octanol–water partition coefficient (Wildman–Crippen LogP) is 2.67. The van der Waals surface area contributed by atoms with Gasteiger partial charge in [-0.3, -0.25) is 25.8 Å². The number of thiocarbonyl (C=S) groups is 1. The zero-order chi connectivity index (χ0) is 19.1. The maximum absolute atomic E-state index is 12.0. The van der Waals surface area contributed by atoms with Gasteiger partial charge in [0.05, 0.1) is 10.6 Å². The maximum Gasteiger partial charge on any atom is 0.276 e. The van der Waals surface area contributed by atoms with E-state index in [9.17, 15) is 9.59 Å². The minimum absolute atomic E-state index is 0.0599. The van der Waals surface area contributed by atoms with E-state index in [2.05, 4.69) is 16.2 Å². The van der Waals surface area contributed by atoms with E-state index in [1.165, 1.54) is 0 Å². The third kappa shape index (κ3) is 5.44. The number of benzene rings is 2. The molecule has 0 unspecified atom stereocenters. The minimum Gasteiger partial charge on any atom is -0.483 e. The van der Waals surface area contributed by atoms with E-state index < -0.39 is 11.8 Å². The van der Waals surface area contributed by atoms with Gasteiger partial charge in [-0.2, -0.15) is 0 Å². The van der Waals surface area contributed by atoms with Crippen LogP contribution in [0.1, 0.15) is 21.5 Å². The van der Waals surface area contributed by atoms with Crippen LogP contribution in [-0.4, -0.2) is 23.5 Å². The third-order valence-corrected chi connectivity index (χ3v) is 3.95. The standard InChI is InChI=1S/C18H18ClN3O3S/c1-11-6-5-7-12(2)16(11)25-10-15(23)21-22-18(26)20-17(24)13-8-3-4-9-14(13)19/h3-9H,10H2,1-2H3,(H,21,23)(H2,20,22,24,26). The summed E-state index contributed by atoms with van der Waals surface area (Å²) in [5.74, 6) is -0.256. The van der Waals surface area contributed by atoms with E-state index in [0.29, 0.717) is 10.8 Å². The highest BCUT2D eigenvalue weighted by Gasteiger charge is 2.12. The Morgan fingerprint density at radius 3 is 2.35 bits per heavy atom. The number of amides is 2. The van der Waals surface area contributed by atoms with Crippen molar-refractivity contribution in [2.45, 2.75) is 13.8 Å². The van der Waals surface area contributed by atoms with Gasteiger partial charge in [0.1, 0.15) is 5.75 Å². The highest BCUT2D eigenvalue weighted by Crippen LogP contribution is 2.21. The normalized spacial score (nSPS) is 9.96. The van der Waals surface area contributed by atoms with Gasteiger partial charge in [-0.1, -0.05) is 41.9 Å². The Bertz CT molecular complexity index is 822. The summed E-state index contributed by atoms with van der Waals surface area (Å²) in [7, 11) is 0. The van der Waals surface area contributed by atoms with Gasteiger partial charge in [0, 0.05) is 0 Å². The first-order chi connectivity index (χ1) is 12.4. The molecule has 0 fully saturated rings. The van der Waals surface area contributed by atoms with E-state index in [1.807, 2.05) is 32.0 Å². The smallest absolute Gasteiger partial charge is 0.276 e. The van der Waals surface area contributed by atoms with Gasteiger partial charge in [-0.05, 0) is 49.3 Å². The number of aryl methyl sites for hydroxylation is 2. The Balaban J connectivity index is 1.79. The van der Waals surface area contributed by atoms with E-state index in [1.54, 1.807) is 24.3 Å². The topological polar surface area (TPSA) is 79.5 Å². The van der Waals surface area contributed by atoms with E-state index >= 15 is 0 Å². The molecule has 6 nitrogen and oxygen atoms in total. The van der Waals surface area contributed by atoms with Crippen molar-refractivity contribution in [3.63, 3.8) is 0 Å². The molecular formula is C18H18ClN3O3S. The molecule has 0 radical (unpaired) electrons. The van der Waals surface area contributed by atoms with E-state index in [4.69, 9.17) is 28.6 Å². The second-order valence-electron chi connectivity index (χ2n) is 5.45. The van der Waals surface area contributed by atoms with Crippen LogP contribution < -0.4 is 20.9 Å². The number of nitrogens with one attached hydrogen (secondary N) is 3. The number of carbonyl (C=O) groups is 2. The van der Waals surface area contributed by atoms with Crippen LogP contribution in [-0.2, 0) is 4.79 Å². The van der Waals surface area contributed by atoms with Crippen molar-refractivity contribution >= 4 is 40.7 Å². The van der Waals surface area contributed by atoms with Crippen LogP contribution in [0.5, 0.6) is 5.75 Å². The number of carbonyl (C=O) groups excluding carboxylic acids is 2. The number of hydrazine groups is 1. The Morgan fingerprint density at radius 2 is 1.69 bits per heavy atom. The molecular weight excluding hydrogens is 374 g/mol. The van der Waals surface area contributed by atoms with Crippen LogP contribution in [0.15, 0.2) is 42.5 Å². The van der Waals surface area contributed by atoms with Gasteiger partial charge in [-0.25, -0.2) is 0 Å². The van der Waals surface area contributed by atoms with Crippen molar-refractivity contribution in [3.8, 4) is 5.75 Å². The number of hydrogen-bond donors (Lipinski definition) is 3.